The molecule has 5 heteroatoms. The molecule has 2 aromatic heterocycles. The molecule has 2 aromatic rings. The van der Waals surface area contributed by atoms with E-state index in [1.165, 1.54) is 8.66 Å². The van der Waals surface area contributed by atoms with E-state index >= 15 is 0 Å². The number of aryl methyl sites for hydroxylation is 2. The van der Waals surface area contributed by atoms with Crippen LogP contribution in [0.15, 0.2) is 22.0 Å². The highest BCUT2D eigenvalue weighted by molar-refractivity contribution is 9.11. The number of nitrogens with zero attached hydrogens (tertiary/aromatic N) is 2. The minimum absolute atomic E-state index is 0.811. The highest BCUT2D eigenvalue weighted by Gasteiger charge is 2.00. The lowest BCUT2D eigenvalue weighted by molar-refractivity contribution is 0.975. The fourth-order valence-corrected chi connectivity index (χ4v) is 3.09. The number of hydrogen-bond donors (Lipinski definition) is 1. The standard InChI is InChI=1S/C12H14BrN3S/c1-8-7-12(16-9(2)15-8)14-6-5-10-3-4-11(13)17-10/h3-4,7H,5-6H2,1-2H3,(H,14,15,16). The van der Waals surface area contributed by atoms with Crippen LogP contribution in [0.25, 0.3) is 0 Å². The SMILES string of the molecule is Cc1cc(NCCc2ccc(Br)s2)nc(C)n1. The monoisotopic (exact) mass is 311 g/mol. The fourth-order valence-electron chi connectivity index (χ4n) is 1.61. The summed E-state index contributed by atoms with van der Waals surface area (Å²) in [6.45, 7) is 4.79. The molecule has 0 saturated heterocycles. The Kier molecular flexibility index (Phi) is 4.12. The maximum absolute atomic E-state index is 4.34. The van der Waals surface area contributed by atoms with Crippen molar-refractivity contribution < 1.29 is 0 Å². The van der Waals surface area contributed by atoms with Gasteiger partial charge in [-0.3, -0.25) is 0 Å². The first kappa shape index (κ1) is 12.5. The number of nitrogens with one attached hydrogen (secondary N) is 1. The molecule has 0 amide bonds. The van der Waals surface area contributed by atoms with Crippen LogP contribution in [0.2, 0.25) is 0 Å². The van der Waals surface area contributed by atoms with Gasteiger partial charge in [0.05, 0.1) is 3.79 Å². The summed E-state index contributed by atoms with van der Waals surface area (Å²) < 4.78 is 1.18. The summed E-state index contributed by atoms with van der Waals surface area (Å²) in [6.07, 6.45) is 1.01. The number of aromatic nitrogens is 2. The van der Waals surface area contributed by atoms with E-state index in [-0.39, 0.29) is 0 Å². The Bertz CT molecular complexity index is 490. The first-order valence-corrected chi connectivity index (χ1v) is 7.05. The molecule has 0 aromatic carbocycles. The minimum atomic E-state index is 0.811. The van der Waals surface area contributed by atoms with E-state index in [4.69, 9.17) is 0 Å². The zero-order valence-corrected chi connectivity index (χ0v) is 12.2. The number of halogens is 1. The van der Waals surface area contributed by atoms with Gasteiger partial charge in [-0.25, -0.2) is 9.97 Å². The molecule has 0 aliphatic carbocycles. The molecule has 1 N–H and O–H groups in total. The highest BCUT2D eigenvalue weighted by atomic mass is 79.9. The molecular formula is C12H14BrN3S. The van der Waals surface area contributed by atoms with Gasteiger partial charge in [-0.1, -0.05) is 0 Å². The molecule has 0 aliphatic heterocycles. The molecule has 2 rings (SSSR count). The molecule has 0 fully saturated rings. The third-order valence-corrected chi connectivity index (χ3v) is 3.96. The Balaban J connectivity index is 1.89. The van der Waals surface area contributed by atoms with Gasteiger partial charge >= 0.3 is 0 Å². The van der Waals surface area contributed by atoms with Crippen LogP contribution in [0.3, 0.4) is 0 Å². The van der Waals surface area contributed by atoms with Gasteiger partial charge < -0.3 is 5.32 Å². The van der Waals surface area contributed by atoms with E-state index in [0.29, 0.717) is 0 Å². The summed E-state index contributed by atoms with van der Waals surface area (Å²) in [4.78, 5) is 9.96. The lowest BCUT2D eigenvalue weighted by atomic mass is 10.3. The van der Waals surface area contributed by atoms with Gasteiger partial charge in [0.1, 0.15) is 11.6 Å². The summed E-state index contributed by atoms with van der Waals surface area (Å²) in [5.41, 5.74) is 0.999. The second kappa shape index (κ2) is 5.60. The smallest absolute Gasteiger partial charge is 0.129 e. The molecule has 0 aliphatic rings. The average molecular weight is 312 g/mol. The van der Waals surface area contributed by atoms with Crippen molar-refractivity contribution >= 4 is 33.1 Å². The van der Waals surface area contributed by atoms with Crippen LogP contribution in [0, 0.1) is 13.8 Å². The normalized spacial score (nSPS) is 10.5. The zero-order valence-electron chi connectivity index (χ0n) is 9.83. The van der Waals surface area contributed by atoms with Crippen molar-refractivity contribution in [3.63, 3.8) is 0 Å². The van der Waals surface area contributed by atoms with Crippen LogP contribution in [0.4, 0.5) is 5.82 Å². The van der Waals surface area contributed by atoms with Crippen LogP contribution < -0.4 is 5.32 Å². The molecule has 0 bridgehead atoms. The first-order valence-electron chi connectivity index (χ1n) is 5.44. The molecule has 2 heterocycles. The fraction of sp³-hybridized carbons (Fsp3) is 0.333. The largest absolute Gasteiger partial charge is 0.370 e. The third kappa shape index (κ3) is 3.78. The predicted octanol–water partition coefficient (Wildman–Crippen LogP) is 3.57. The predicted molar refractivity (Wildman–Crippen MR) is 75.7 cm³/mol. The number of hydrogen-bond acceptors (Lipinski definition) is 4. The van der Waals surface area contributed by atoms with Gasteiger partial charge in [-0.15, -0.1) is 11.3 Å². The van der Waals surface area contributed by atoms with E-state index in [9.17, 15) is 0 Å². The quantitative estimate of drug-likeness (QED) is 0.938. The maximum Gasteiger partial charge on any atom is 0.129 e. The van der Waals surface area contributed by atoms with Crippen molar-refractivity contribution in [3.8, 4) is 0 Å². The third-order valence-electron chi connectivity index (χ3n) is 2.27. The summed E-state index contributed by atoms with van der Waals surface area (Å²) in [6, 6.07) is 6.20. The Morgan fingerprint density at radius 3 is 2.76 bits per heavy atom. The van der Waals surface area contributed by atoms with E-state index in [1.54, 1.807) is 11.3 Å². The lowest BCUT2D eigenvalue weighted by Crippen LogP contribution is -2.07. The van der Waals surface area contributed by atoms with Crippen molar-refractivity contribution in [1.29, 1.82) is 0 Å². The van der Waals surface area contributed by atoms with E-state index < -0.39 is 0 Å². The van der Waals surface area contributed by atoms with Crippen molar-refractivity contribution in [1.82, 2.24) is 9.97 Å². The van der Waals surface area contributed by atoms with Gasteiger partial charge in [0.2, 0.25) is 0 Å². The van der Waals surface area contributed by atoms with E-state index in [1.807, 2.05) is 19.9 Å². The summed E-state index contributed by atoms with van der Waals surface area (Å²) in [5.74, 6) is 1.72. The Morgan fingerprint density at radius 2 is 2.12 bits per heavy atom. The Morgan fingerprint density at radius 1 is 1.29 bits per heavy atom. The van der Waals surface area contributed by atoms with Crippen molar-refractivity contribution in [2.24, 2.45) is 0 Å². The Hall–Kier alpha value is -0.940. The first-order chi connectivity index (χ1) is 8.13. The number of rotatable bonds is 4. The summed E-state index contributed by atoms with van der Waals surface area (Å²) in [7, 11) is 0. The van der Waals surface area contributed by atoms with Gasteiger partial charge in [0, 0.05) is 23.2 Å². The Labute approximate surface area is 113 Å². The molecule has 0 spiro atoms. The van der Waals surface area contributed by atoms with Crippen LogP contribution >= 0.6 is 27.3 Å². The van der Waals surface area contributed by atoms with Gasteiger partial charge in [-0.2, -0.15) is 0 Å². The second-order valence-corrected chi connectivity index (χ2v) is 6.37. The van der Waals surface area contributed by atoms with Gasteiger partial charge in [0.25, 0.3) is 0 Å². The molecule has 3 nitrogen and oxygen atoms in total. The van der Waals surface area contributed by atoms with Crippen molar-refractivity contribution in [3.05, 3.63) is 38.4 Å². The number of thiophene rings is 1. The lowest BCUT2D eigenvalue weighted by Gasteiger charge is -2.06. The van der Waals surface area contributed by atoms with Crippen molar-refractivity contribution in [2.45, 2.75) is 20.3 Å². The van der Waals surface area contributed by atoms with Gasteiger partial charge in [-0.05, 0) is 48.3 Å². The van der Waals surface area contributed by atoms with Crippen molar-refractivity contribution in [2.75, 3.05) is 11.9 Å². The molecule has 0 atom stereocenters. The molecule has 0 radical (unpaired) electrons. The molecule has 0 saturated carbocycles. The second-order valence-electron chi connectivity index (χ2n) is 3.82. The van der Waals surface area contributed by atoms with E-state index in [2.05, 4.69) is 43.3 Å². The molecule has 0 unspecified atom stereocenters. The van der Waals surface area contributed by atoms with E-state index in [0.717, 1.165) is 30.3 Å². The highest BCUT2D eigenvalue weighted by Crippen LogP contribution is 2.22. The van der Waals surface area contributed by atoms with Crippen LogP contribution in [-0.2, 0) is 6.42 Å². The molecule has 90 valence electrons. The number of anilines is 1. The maximum atomic E-state index is 4.34. The zero-order chi connectivity index (χ0) is 12.3. The van der Waals surface area contributed by atoms with Crippen LogP contribution in [-0.4, -0.2) is 16.5 Å². The molecule has 17 heavy (non-hydrogen) atoms. The topological polar surface area (TPSA) is 37.8 Å². The van der Waals surface area contributed by atoms with Crippen LogP contribution in [0.1, 0.15) is 16.4 Å². The molecular weight excluding hydrogens is 298 g/mol. The van der Waals surface area contributed by atoms with Gasteiger partial charge in [0.15, 0.2) is 0 Å². The summed E-state index contributed by atoms with van der Waals surface area (Å²) >= 11 is 5.24. The van der Waals surface area contributed by atoms with Crippen LogP contribution in [0.5, 0.6) is 0 Å². The minimum Gasteiger partial charge on any atom is -0.370 e. The average Bonchev–Trinajstić information content (AvgIpc) is 2.63. The summed E-state index contributed by atoms with van der Waals surface area (Å²) in [5, 5.41) is 3.32.